The maximum Gasteiger partial charge on any atom is 0.343 e. The summed E-state index contributed by atoms with van der Waals surface area (Å²) >= 11 is 0. The van der Waals surface area contributed by atoms with Gasteiger partial charge in [-0.3, -0.25) is 4.79 Å². The number of rotatable bonds is 4. The second kappa shape index (κ2) is 5.88. The lowest BCUT2D eigenvalue weighted by molar-refractivity contribution is 0.0733. The molecule has 0 aliphatic carbocycles. The van der Waals surface area contributed by atoms with Crippen LogP contribution in [0.4, 0.5) is 0 Å². The summed E-state index contributed by atoms with van der Waals surface area (Å²) in [4.78, 5) is 22.9. The Morgan fingerprint density at radius 3 is 2.45 bits per heavy atom. The summed E-state index contributed by atoms with van der Waals surface area (Å²) in [5.41, 5.74) is 0.493. The molecule has 1 N–H and O–H groups in total. The van der Waals surface area contributed by atoms with Crippen LogP contribution in [0.2, 0.25) is 0 Å². The highest BCUT2D eigenvalue weighted by Crippen LogP contribution is 2.23. The SMILES string of the molecule is COc1ccc(OC(=O)c2ccc(O)cc2)c(C=O)c1. The number of benzene rings is 2. The van der Waals surface area contributed by atoms with Crippen molar-refractivity contribution in [1.29, 1.82) is 0 Å². The molecule has 0 saturated carbocycles. The maximum atomic E-state index is 11.9. The number of hydrogen-bond donors (Lipinski definition) is 1. The average Bonchev–Trinajstić information content (AvgIpc) is 2.48. The molecule has 5 nitrogen and oxygen atoms in total. The molecule has 0 aliphatic heterocycles. The first kappa shape index (κ1) is 13.6. The summed E-state index contributed by atoms with van der Waals surface area (Å²) in [6, 6.07) is 10.2. The fourth-order valence-corrected chi connectivity index (χ4v) is 1.59. The van der Waals surface area contributed by atoms with E-state index in [1.807, 2.05) is 0 Å². The van der Waals surface area contributed by atoms with E-state index in [1.165, 1.54) is 43.5 Å². The number of hydrogen-bond acceptors (Lipinski definition) is 5. The Labute approximate surface area is 115 Å². The van der Waals surface area contributed by atoms with Gasteiger partial charge in [0.1, 0.15) is 17.2 Å². The second-order valence-corrected chi connectivity index (χ2v) is 3.96. The first-order valence-electron chi connectivity index (χ1n) is 5.78. The topological polar surface area (TPSA) is 72.8 Å². The number of phenolic OH excluding ortho intramolecular Hbond substituents is 1. The van der Waals surface area contributed by atoms with Crippen LogP contribution >= 0.6 is 0 Å². The number of carbonyl (C=O) groups excluding carboxylic acids is 2. The molecule has 0 aromatic heterocycles. The van der Waals surface area contributed by atoms with Crippen LogP contribution in [-0.4, -0.2) is 24.5 Å². The standard InChI is InChI=1S/C15H12O5/c1-19-13-6-7-14(11(8-13)9-16)20-15(18)10-2-4-12(17)5-3-10/h2-9,17H,1H3. The Morgan fingerprint density at radius 1 is 1.15 bits per heavy atom. The van der Waals surface area contributed by atoms with Crippen LogP contribution in [0.25, 0.3) is 0 Å². The number of esters is 1. The van der Waals surface area contributed by atoms with E-state index in [4.69, 9.17) is 14.6 Å². The van der Waals surface area contributed by atoms with Crippen molar-refractivity contribution in [3.8, 4) is 17.2 Å². The summed E-state index contributed by atoms with van der Waals surface area (Å²) in [6.07, 6.45) is 0.585. The largest absolute Gasteiger partial charge is 0.508 e. The molecule has 2 aromatic rings. The quantitative estimate of drug-likeness (QED) is 0.525. The average molecular weight is 272 g/mol. The van der Waals surface area contributed by atoms with Gasteiger partial charge in [0.05, 0.1) is 18.2 Å². The van der Waals surface area contributed by atoms with E-state index >= 15 is 0 Å². The fraction of sp³-hybridized carbons (Fsp3) is 0.0667. The summed E-state index contributed by atoms with van der Waals surface area (Å²) in [5, 5.41) is 9.16. The van der Waals surface area contributed by atoms with E-state index < -0.39 is 5.97 Å². The van der Waals surface area contributed by atoms with Gasteiger partial charge < -0.3 is 14.6 Å². The molecule has 20 heavy (non-hydrogen) atoms. The minimum atomic E-state index is -0.613. The Hall–Kier alpha value is -2.82. The van der Waals surface area contributed by atoms with Crippen molar-refractivity contribution < 1.29 is 24.2 Å². The second-order valence-electron chi connectivity index (χ2n) is 3.96. The molecule has 0 amide bonds. The molecular formula is C15H12O5. The third-order valence-corrected chi connectivity index (χ3v) is 2.65. The summed E-state index contributed by atoms with van der Waals surface area (Å²) in [5.74, 6) is 0.0910. The molecule has 2 rings (SSSR count). The first-order chi connectivity index (χ1) is 9.63. The number of aldehydes is 1. The number of methoxy groups -OCH3 is 1. The van der Waals surface area contributed by atoms with Gasteiger partial charge in [0.2, 0.25) is 0 Å². The smallest absolute Gasteiger partial charge is 0.343 e. The van der Waals surface area contributed by atoms with Crippen LogP contribution in [0.15, 0.2) is 42.5 Å². The Morgan fingerprint density at radius 2 is 1.85 bits per heavy atom. The Kier molecular flexibility index (Phi) is 4.00. The zero-order valence-corrected chi connectivity index (χ0v) is 10.7. The van der Waals surface area contributed by atoms with Crippen LogP contribution in [0.3, 0.4) is 0 Å². The lowest BCUT2D eigenvalue weighted by Crippen LogP contribution is -2.09. The predicted molar refractivity (Wildman–Crippen MR) is 71.4 cm³/mol. The molecule has 102 valence electrons. The van der Waals surface area contributed by atoms with Crippen LogP contribution < -0.4 is 9.47 Å². The van der Waals surface area contributed by atoms with Crippen molar-refractivity contribution in [1.82, 2.24) is 0 Å². The highest BCUT2D eigenvalue weighted by atomic mass is 16.5. The zero-order valence-electron chi connectivity index (χ0n) is 10.7. The highest BCUT2D eigenvalue weighted by molar-refractivity contribution is 5.92. The molecule has 0 aliphatic rings. The van der Waals surface area contributed by atoms with E-state index in [9.17, 15) is 9.59 Å². The molecule has 0 bridgehead atoms. The van der Waals surface area contributed by atoms with Crippen molar-refractivity contribution in [2.24, 2.45) is 0 Å². The Bertz CT molecular complexity index is 631. The van der Waals surface area contributed by atoms with E-state index in [-0.39, 0.29) is 22.6 Å². The maximum absolute atomic E-state index is 11.9. The van der Waals surface area contributed by atoms with Crippen molar-refractivity contribution in [3.05, 3.63) is 53.6 Å². The first-order valence-corrected chi connectivity index (χ1v) is 5.78. The van der Waals surface area contributed by atoms with E-state index in [1.54, 1.807) is 6.07 Å². The van der Waals surface area contributed by atoms with Gasteiger partial charge in [0, 0.05) is 0 Å². The summed E-state index contributed by atoms with van der Waals surface area (Å²) in [6.45, 7) is 0. The van der Waals surface area contributed by atoms with Gasteiger partial charge in [-0.25, -0.2) is 4.79 Å². The van der Waals surface area contributed by atoms with Crippen molar-refractivity contribution in [2.45, 2.75) is 0 Å². The summed E-state index contributed by atoms with van der Waals surface area (Å²) < 4.78 is 10.1. The van der Waals surface area contributed by atoms with Gasteiger partial charge in [0.25, 0.3) is 0 Å². The molecular weight excluding hydrogens is 260 g/mol. The normalized spacial score (nSPS) is 9.85. The predicted octanol–water partition coefficient (Wildman–Crippen LogP) is 2.43. The molecule has 0 unspecified atom stereocenters. The number of ether oxygens (including phenoxy) is 2. The van der Waals surface area contributed by atoms with Crippen LogP contribution in [0, 0.1) is 0 Å². The number of carbonyl (C=O) groups is 2. The summed E-state index contributed by atoms with van der Waals surface area (Å²) in [7, 11) is 1.48. The lowest BCUT2D eigenvalue weighted by atomic mass is 10.2. The van der Waals surface area contributed by atoms with Crippen LogP contribution in [0.5, 0.6) is 17.2 Å². The molecule has 0 heterocycles. The third-order valence-electron chi connectivity index (χ3n) is 2.65. The van der Waals surface area contributed by atoms with E-state index in [2.05, 4.69) is 0 Å². The van der Waals surface area contributed by atoms with Gasteiger partial charge in [-0.1, -0.05) is 0 Å². The lowest BCUT2D eigenvalue weighted by Gasteiger charge is -2.08. The molecule has 0 spiro atoms. The molecule has 0 radical (unpaired) electrons. The highest BCUT2D eigenvalue weighted by Gasteiger charge is 2.12. The zero-order chi connectivity index (χ0) is 14.5. The molecule has 2 aromatic carbocycles. The minimum Gasteiger partial charge on any atom is -0.508 e. The fourth-order valence-electron chi connectivity index (χ4n) is 1.59. The van der Waals surface area contributed by atoms with E-state index in [0.29, 0.717) is 12.0 Å². The Balaban J connectivity index is 2.23. The van der Waals surface area contributed by atoms with Gasteiger partial charge >= 0.3 is 5.97 Å². The van der Waals surface area contributed by atoms with Gasteiger partial charge in [0.15, 0.2) is 6.29 Å². The minimum absolute atomic E-state index is 0.0552. The van der Waals surface area contributed by atoms with Crippen molar-refractivity contribution in [2.75, 3.05) is 7.11 Å². The van der Waals surface area contributed by atoms with Crippen molar-refractivity contribution >= 4 is 12.3 Å². The molecule has 5 heteroatoms. The molecule has 0 fully saturated rings. The monoisotopic (exact) mass is 272 g/mol. The molecule has 0 saturated heterocycles. The van der Waals surface area contributed by atoms with Gasteiger partial charge in [-0.15, -0.1) is 0 Å². The number of phenols is 1. The van der Waals surface area contributed by atoms with Crippen LogP contribution in [-0.2, 0) is 0 Å². The molecule has 0 atom stereocenters. The van der Waals surface area contributed by atoms with Gasteiger partial charge in [-0.05, 0) is 42.5 Å². The third kappa shape index (κ3) is 2.95. The van der Waals surface area contributed by atoms with Crippen molar-refractivity contribution in [3.63, 3.8) is 0 Å². The van der Waals surface area contributed by atoms with E-state index in [0.717, 1.165) is 0 Å². The van der Waals surface area contributed by atoms with Gasteiger partial charge in [-0.2, -0.15) is 0 Å². The number of aromatic hydroxyl groups is 1. The van der Waals surface area contributed by atoms with Crippen LogP contribution in [0.1, 0.15) is 20.7 Å².